The number of hydrogen-bond donors (Lipinski definition) is 0. The molecule has 0 saturated heterocycles. The number of rotatable bonds is 3. The molecular weight excluding hydrogens is 278 g/mol. The van der Waals surface area contributed by atoms with Gasteiger partial charge in [-0.3, -0.25) is 4.98 Å². The smallest absolute Gasteiger partial charge is 0.145 e. The Balaban J connectivity index is 2.60. The second kappa shape index (κ2) is 4.80. The first-order valence-corrected chi connectivity index (χ1v) is 6.09. The van der Waals surface area contributed by atoms with E-state index in [1.807, 2.05) is 43.3 Å². The standard InChI is InChI=1S/C14H12BrNO/c1-11-4-2-3-5-13(11)14(15,10-17)12-6-8-16-9-7-12/h2-10H,1H3. The largest absolute Gasteiger partial charge is 0.301 e. The molecule has 0 fully saturated rings. The number of nitrogens with zero attached hydrogens (tertiary/aromatic N) is 1. The van der Waals surface area contributed by atoms with Gasteiger partial charge in [0.15, 0.2) is 0 Å². The summed E-state index contributed by atoms with van der Waals surface area (Å²) in [5.74, 6) is 0. The van der Waals surface area contributed by atoms with Gasteiger partial charge in [-0.15, -0.1) is 0 Å². The third-order valence-corrected chi connectivity index (χ3v) is 3.87. The van der Waals surface area contributed by atoms with E-state index in [4.69, 9.17) is 0 Å². The highest BCUT2D eigenvalue weighted by molar-refractivity contribution is 9.10. The second-order valence-corrected chi connectivity index (χ2v) is 5.13. The summed E-state index contributed by atoms with van der Waals surface area (Å²) in [5, 5.41) is 0. The lowest BCUT2D eigenvalue weighted by Gasteiger charge is -2.23. The molecule has 0 saturated carbocycles. The van der Waals surface area contributed by atoms with E-state index in [9.17, 15) is 4.79 Å². The quantitative estimate of drug-likeness (QED) is 0.641. The topological polar surface area (TPSA) is 30.0 Å². The van der Waals surface area contributed by atoms with Gasteiger partial charge in [0, 0.05) is 12.4 Å². The Bertz CT molecular complexity index is 527. The van der Waals surface area contributed by atoms with E-state index in [-0.39, 0.29) is 0 Å². The van der Waals surface area contributed by atoms with E-state index < -0.39 is 4.32 Å². The zero-order chi connectivity index (χ0) is 12.3. The van der Waals surface area contributed by atoms with Crippen LogP contribution in [0.15, 0.2) is 48.8 Å². The summed E-state index contributed by atoms with van der Waals surface area (Å²) in [6, 6.07) is 11.5. The molecule has 2 rings (SSSR count). The number of alkyl halides is 1. The molecule has 1 heterocycles. The van der Waals surface area contributed by atoms with Gasteiger partial charge in [-0.1, -0.05) is 40.2 Å². The number of aldehydes is 1. The summed E-state index contributed by atoms with van der Waals surface area (Å²) in [6.07, 6.45) is 4.30. The lowest BCUT2D eigenvalue weighted by Crippen LogP contribution is -2.22. The first kappa shape index (κ1) is 12.0. The van der Waals surface area contributed by atoms with Crippen molar-refractivity contribution >= 4 is 22.2 Å². The van der Waals surface area contributed by atoms with Crippen molar-refractivity contribution in [3.05, 3.63) is 65.5 Å². The molecule has 1 unspecified atom stereocenters. The summed E-state index contributed by atoms with van der Waals surface area (Å²) in [4.78, 5) is 15.5. The van der Waals surface area contributed by atoms with Crippen LogP contribution in [-0.4, -0.2) is 11.3 Å². The van der Waals surface area contributed by atoms with Crippen molar-refractivity contribution < 1.29 is 4.79 Å². The molecular formula is C14H12BrNO. The average Bonchev–Trinajstić information content (AvgIpc) is 2.39. The Hall–Kier alpha value is -1.48. The van der Waals surface area contributed by atoms with Gasteiger partial charge < -0.3 is 4.79 Å². The third kappa shape index (κ3) is 2.15. The van der Waals surface area contributed by atoms with Crippen molar-refractivity contribution in [2.24, 2.45) is 0 Å². The molecule has 0 radical (unpaired) electrons. The Labute approximate surface area is 109 Å². The van der Waals surface area contributed by atoms with Crippen molar-refractivity contribution in [2.45, 2.75) is 11.2 Å². The van der Waals surface area contributed by atoms with Crippen molar-refractivity contribution in [1.29, 1.82) is 0 Å². The van der Waals surface area contributed by atoms with Gasteiger partial charge in [0.05, 0.1) is 0 Å². The predicted molar refractivity (Wildman–Crippen MR) is 71.2 cm³/mol. The van der Waals surface area contributed by atoms with Crippen molar-refractivity contribution in [3.63, 3.8) is 0 Å². The van der Waals surface area contributed by atoms with Crippen LogP contribution in [0.3, 0.4) is 0 Å². The molecule has 0 amide bonds. The number of benzene rings is 1. The average molecular weight is 290 g/mol. The van der Waals surface area contributed by atoms with Gasteiger partial charge in [-0.2, -0.15) is 0 Å². The van der Waals surface area contributed by atoms with E-state index in [0.29, 0.717) is 0 Å². The highest BCUT2D eigenvalue weighted by Gasteiger charge is 2.31. The van der Waals surface area contributed by atoms with Crippen LogP contribution >= 0.6 is 15.9 Å². The molecule has 1 atom stereocenters. The number of carbonyl (C=O) groups is 1. The van der Waals surface area contributed by atoms with Crippen LogP contribution in [-0.2, 0) is 9.12 Å². The summed E-state index contributed by atoms with van der Waals surface area (Å²) in [7, 11) is 0. The van der Waals surface area contributed by atoms with Gasteiger partial charge in [-0.05, 0) is 35.7 Å². The zero-order valence-electron chi connectivity index (χ0n) is 9.43. The van der Waals surface area contributed by atoms with Crippen molar-refractivity contribution in [1.82, 2.24) is 4.98 Å². The molecule has 0 bridgehead atoms. The van der Waals surface area contributed by atoms with Crippen LogP contribution in [0.4, 0.5) is 0 Å². The van der Waals surface area contributed by atoms with Gasteiger partial charge in [0.2, 0.25) is 0 Å². The molecule has 2 nitrogen and oxygen atoms in total. The van der Waals surface area contributed by atoms with E-state index in [1.54, 1.807) is 12.4 Å². The SMILES string of the molecule is Cc1ccccc1C(Br)(C=O)c1ccncc1. The highest BCUT2D eigenvalue weighted by Crippen LogP contribution is 2.37. The van der Waals surface area contributed by atoms with Crippen molar-refractivity contribution in [3.8, 4) is 0 Å². The Morgan fingerprint density at radius 1 is 1.18 bits per heavy atom. The molecule has 1 aromatic heterocycles. The number of aryl methyl sites for hydroxylation is 1. The fourth-order valence-electron chi connectivity index (χ4n) is 1.86. The monoisotopic (exact) mass is 289 g/mol. The molecule has 2 aromatic rings. The van der Waals surface area contributed by atoms with E-state index >= 15 is 0 Å². The minimum atomic E-state index is -0.790. The number of halogens is 1. The molecule has 86 valence electrons. The Kier molecular flexibility index (Phi) is 3.38. The molecule has 0 aliphatic heterocycles. The fourth-order valence-corrected chi connectivity index (χ4v) is 2.57. The second-order valence-electron chi connectivity index (χ2n) is 3.88. The predicted octanol–water partition coefficient (Wildman–Crippen LogP) is 3.23. The number of aromatic nitrogens is 1. The maximum absolute atomic E-state index is 11.5. The summed E-state index contributed by atoms with van der Waals surface area (Å²) >= 11 is 3.56. The molecule has 1 aromatic carbocycles. The van der Waals surface area contributed by atoms with E-state index in [0.717, 1.165) is 23.0 Å². The van der Waals surface area contributed by atoms with Crippen LogP contribution in [0.25, 0.3) is 0 Å². The molecule has 0 N–H and O–H groups in total. The molecule has 0 spiro atoms. The van der Waals surface area contributed by atoms with Gasteiger partial charge in [-0.25, -0.2) is 0 Å². The minimum Gasteiger partial charge on any atom is -0.301 e. The van der Waals surface area contributed by atoms with Crippen LogP contribution in [0.5, 0.6) is 0 Å². The van der Waals surface area contributed by atoms with Gasteiger partial charge in [0.25, 0.3) is 0 Å². The normalized spacial score (nSPS) is 14.0. The minimum absolute atomic E-state index is 0.790. The zero-order valence-corrected chi connectivity index (χ0v) is 11.0. The fraction of sp³-hybridized carbons (Fsp3) is 0.143. The van der Waals surface area contributed by atoms with Crippen LogP contribution < -0.4 is 0 Å². The first-order chi connectivity index (χ1) is 8.18. The van der Waals surface area contributed by atoms with Gasteiger partial charge >= 0.3 is 0 Å². The number of carbonyl (C=O) groups excluding carboxylic acids is 1. The Morgan fingerprint density at radius 2 is 1.82 bits per heavy atom. The van der Waals surface area contributed by atoms with Crippen LogP contribution in [0.1, 0.15) is 16.7 Å². The summed E-state index contributed by atoms with van der Waals surface area (Å²) in [6.45, 7) is 2.00. The Morgan fingerprint density at radius 3 is 2.41 bits per heavy atom. The van der Waals surface area contributed by atoms with Gasteiger partial charge in [0.1, 0.15) is 10.6 Å². The molecule has 0 aliphatic rings. The summed E-state index contributed by atoms with van der Waals surface area (Å²) < 4.78 is -0.790. The van der Waals surface area contributed by atoms with E-state index in [1.165, 1.54) is 0 Å². The maximum atomic E-state index is 11.5. The van der Waals surface area contributed by atoms with Crippen LogP contribution in [0, 0.1) is 6.92 Å². The molecule has 17 heavy (non-hydrogen) atoms. The molecule has 0 aliphatic carbocycles. The first-order valence-electron chi connectivity index (χ1n) is 5.30. The van der Waals surface area contributed by atoms with Crippen molar-refractivity contribution in [2.75, 3.05) is 0 Å². The third-order valence-electron chi connectivity index (χ3n) is 2.80. The summed E-state index contributed by atoms with van der Waals surface area (Å²) in [5.41, 5.74) is 2.92. The van der Waals surface area contributed by atoms with Crippen LogP contribution in [0.2, 0.25) is 0 Å². The number of pyridine rings is 1. The maximum Gasteiger partial charge on any atom is 0.145 e. The molecule has 3 heteroatoms. The number of hydrogen-bond acceptors (Lipinski definition) is 2. The highest BCUT2D eigenvalue weighted by atomic mass is 79.9. The lowest BCUT2D eigenvalue weighted by molar-refractivity contribution is -0.109. The van der Waals surface area contributed by atoms with E-state index in [2.05, 4.69) is 20.9 Å². The lowest BCUT2D eigenvalue weighted by atomic mass is 9.90.